The Balaban J connectivity index is 1.54. The summed E-state index contributed by atoms with van der Waals surface area (Å²) in [4.78, 5) is 0. The van der Waals surface area contributed by atoms with Gasteiger partial charge in [0.25, 0.3) is 0 Å². The molecule has 0 unspecified atom stereocenters. The predicted molar refractivity (Wildman–Crippen MR) is 129 cm³/mol. The molecular formula is C29H25N. The van der Waals surface area contributed by atoms with E-state index < -0.39 is 0 Å². The van der Waals surface area contributed by atoms with Crippen molar-refractivity contribution in [3.05, 3.63) is 119 Å². The van der Waals surface area contributed by atoms with Crippen molar-refractivity contribution in [3.63, 3.8) is 0 Å². The summed E-state index contributed by atoms with van der Waals surface area (Å²) in [6.07, 6.45) is 5.45. The number of benzene rings is 4. The smallest absolute Gasteiger partial charge is 0.0541 e. The molecule has 0 N–H and O–H groups in total. The molecule has 146 valence electrons. The van der Waals surface area contributed by atoms with Crippen molar-refractivity contribution in [1.29, 1.82) is 0 Å². The van der Waals surface area contributed by atoms with E-state index in [0.717, 1.165) is 6.42 Å². The van der Waals surface area contributed by atoms with E-state index in [1.165, 1.54) is 49.7 Å². The second-order valence-corrected chi connectivity index (χ2v) is 7.99. The van der Waals surface area contributed by atoms with Crippen LogP contribution in [0.25, 0.3) is 33.6 Å². The molecule has 0 bridgehead atoms. The van der Waals surface area contributed by atoms with Gasteiger partial charge < -0.3 is 4.57 Å². The Labute approximate surface area is 177 Å². The minimum atomic E-state index is 0.949. The van der Waals surface area contributed by atoms with Gasteiger partial charge in [0.2, 0.25) is 0 Å². The molecule has 0 saturated heterocycles. The van der Waals surface area contributed by atoms with Crippen LogP contribution in [0.15, 0.2) is 97.1 Å². The van der Waals surface area contributed by atoms with Crippen LogP contribution < -0.4 is 0 Å². The first kappa shape index (κ1) is 18.4. The maximum absolute atomic E-state index is 2.35. The van der Waals surface area contributed by atoms with Crippen molar-refractivity contribution in [2.75, 3.05) is 0 Å². The molecule has 30 heavy (non-hydrogen) atoms. The number of rotatable bonds is 4. The zero-order valence-corrected chi connectivity index (χ0v) is 17.5. The van der Waals surface area contributed by atoms with Gasteiger partial charge in [-0.2, -0.15) is 0 Å². The highest BCUT2D eigenvalue weighted by molar-refractivity contribution is 6.09. The van der Waals surface area contributed by atoms with Gasteiger partial charge in [-0.15, -0.1) is 0 Å². The Bertz CT molecular complexity index is 1370. The molecule has 0 amide bonds. The lowest BCUT2D eigenvalue weighted by atomic mass is 10.0. The average Bonchev–Trinajstić information content (AvgIpc) is 3.11. The third kappa shape index (κ3) is 3.33. The van der Waals surface area contributed by atoms with Crippen LogP contribution >= 0.6 is 0 Å². The molecule has 0 fully saturated rings. The molecule has 5 rings (SSSR count). The van der Waals surface area contributed by atoms with E-state index in [1.54, 1.807) is 0 Å². The summed E-state index contributed by atoms with van der Waals surface area (Å²) in [5.74, 6) is 0. The molecule has 5 aromatic rings. The topological polar surface area (TPSA) is 4.93 Å². The second-order valence-electron chi connectivity index (χ2n) is 7.99. The number of fused-ring (bicyclic) bond motifs is 3. The molecule has 0 radical (unpaired) electrons. The van der Waals surface area contributed by atoms with Crippen LogP contribution in [0.1, 0.15) is 22.3 Å². The van der Waals surface area contributed by atoms with Crippen molar-refractivity contribution in [2.45, 2.75) is 20.3 Å². The summed E-state index contributed by atoms with van der Waals surface area (Å²) in [5, 5.41) is 2.59. The van der Waals surface area contributed by atoms with E-state index in [9.17, 15) is 0 Å². The number of aryl methyl sites for hydroxylation is 2. The lowest BCUT2D eigenvalue weighted by Gasteiger charge is -2.07. The summed E-state index contributed by atoms with van der Waals surface area (Å²) in [6.45, 7) is 4.34. The lowest BCUT2D eigenvalue weighted by molar-refractivity contribution is 1.18. The van der Waals surface area contributed by atoms with Crippen LogP contribution in [0.5, 0.6) is 0 Å². The largest absolute Gasteiger partial charge is 0.309 e. The third-order valence-corrected chi connectivity index (χ3v) is 5.95. The SMILES string of the molecule is Cc1ccc(C/C=C/c2ccc3c(c2)c2ccccc2n3-c2ccccc2)cc1C. The first-order chi connectivity index (χ1) is 14.7. The van der Waals surface area contributed by atoms with Crippen LogP contribution in [-0.4, -0.2) is 4.57 Å². The Morgan fingerprint density at radius 3 is 2.27 bits per heavy atom. The Hall–Kier alpha value is -3.58. The molecule has 1 heterocycles. The van der Waals surface area contributed by atoms with Crippen molar-refractivity contribution < 1.29 is 0 Å². The number of nitrogens with zero attached hydrogens (tertiary/aromatic N) is 1. The first-order valence-corrected chi connectivity index (χ1v) is 10.5. The van der Waals surface area contributed by atoms with Gasteiger partial charge >= 0.3 is 0 Å². The fourth-order valence-corrected chi connectivity index (χ4v) is 4.21. The van der Waals surface area contributed by atoms with Gasteiger partial charge in [-0.25, -0.2) is 0 Å². The number of hydrogen-bond donors (Lipinski definition) is 0. The van der Waals surface area contributed by atoms with Gasteiger partial charge in [-0.1, -0.05) is 72.8 Å². The Morgan fingerprint density at radius 1 is 0.667 bits per heavy atom. The molecule has 0 saturated carbocycles. The predicted octanol–water partition coefficient (Wildman–Crippen LogP) is 7.66. The van der Waals surface area contributed by atoms with E-state index in [1.807, 2.05) is 0 Å². The van der Waals surface area contributed by atoms with Crippen molar-refractivity contribution in [2.24, 2.45) is 0 Å². The highest BCUT2D eigenvalue weighted by Gasteiger charge is 2.11. The van der Waals surface area contributed by atoms with E-state index in [0.29, 0.717) is 0 Å². The first-order valence-electron chi connectivity index (χ1n) is 10.5. The normalized spacial score (nSPS) is 11.7. The van der Waals surface area contributed by atoms with Gasteiger partial charge in [0.1, 0.15) is 0 Å². The maximum Gasteiger partial charge on any atom is 0.0541 e. The summed E-state index contributed by atoms with van der Waals surface area (Å²) in [5.41, 5.74) is 8.99. The minimum Gasteiger partial charge on any atom is -0.309 e. The average molecular weight is 388 g/mol. The second kappa shape index (κ2) is 7.68. The maximum atomic E-state index is 2.35. The van der Waals surface area contributed by atoms with Crippen molar-refractivity contribution >= 4 is 27.9 Å². The summed E-state index contributed by atoms with van der Waals surface area (Å²) in [6, 6.07) is 32.8. The molecule has 0 aliphatic heterocycles. The highest BCUT2D eigenvalue weighted by atomic mass is 15.0. The molecule has 1 heteroatoms. The summed E-state index contributed by atoms with van der Waals surface area (Å²) >= 11 is 0. The molecule has 1 aromatic heterocycles. The third-order valence-electron chi connectivity index (χ3n) is 5.95. The summed E-state index contributed by atoms with van der Waals surface area (Å²) < 4.78 is 2.35. The van der Waals surface area contributed by atoms with E-state index >= 15 is 0 Å². The van der Waals surface area contributed by atoms with E-state index in [-0.39, 0.29) is 0 Å². The van der Waals surface area contributed by atoms with Crippen LogP contribution in [0, 0.1) is 13.8 Å². The minimum absolute atomic E-state index is 0.949. The monoisotopic (exact) mass is 387 g/mol. The molecule has 1 nitrogen and oxygen atoms in total. The number of hydrogen-bond acceptors (Lipinski definition) is 0. The number of aromatic nitrogens is 1. The van der Waals surface area contributed by atoms with Crippen LogP contribution in [0.2, 0.25) is 0 Å². The van der Waals surface area contributed by atoms with Crippen molar-refractivity contribution in [1.82, 2.24) is 4.57 Å². The zero-order valence-electron chi connectivity index (χ0n) is 17.5. The van der Waals surface area contributed by atoms with Crippen molar-refractivity contribution in [3.8, 4) is 5.69 Å². The van der Waals surface area contributed by atoms with Gasteiger partial charge in [-0.05, 0) is 72.9 Å². The van der Waals surface area contributed by atoms with Crippen LogP contribution in [0.3, 0.4) is 0 Å². The van der Waals surface area contributed by atoms with E-state index in [2.05, 4.69) is 122 Å². The van der Waals surface area contributed by atoms with Gasteiger partial charge in [-0.3, -0.25) is 0 Å². The quantitative estimate of drug-likeness (QED) is 0.298. The lowest BCUT2D eigenvalue weighted by Crippen LogP contribution is -1.92. The zero-order chi connectivity index (χ0) is 20.5. The van der Waals surface area contributed by atoms with Crippen LogP contribution in [-0.2, 0) is 6.42 Å². The van der Waals surface area contributed by atoms with E-state index in [4.69, 9.17) is 0 Å². The molecule has 0 atom stereocenters. The molecule has 0 aliphatic carbocycles. The number of para-hydroxylation sites is 2. The molecule has 4 aromatic carbocycles. The fraction of sp³-hybridized carbons (Fsp3) is 0.103. The molecule has 0 aliphatic rings. The molecular weight excluding hydrogens is 362 g/mol. The van der Waals surface area contributed by atoms with Gasteiger partial charge in [0.05, 0.1) is 11.0 Å². The van der Waals surface area contributed by atoms with Crippen LogP contribution in [0.4, 0.5) is 0 Å². The van der Waals surface area contributed by atoms with Gasteiger partial charge in [0, 0.05) is 16.5 Å². The fourth-order valence-electron chi connectivity index (χ4n) is 4.21. The Kier molecular flexibility index (Phi) is 4.72. The number of allylic oxidation sites excluding steroid dienone is 1. The standard InChI is InChI=1S/C29H25N/c1-21-15-16-23(19-22(21)2)9-8-10-24-17-18-29-27(20-24)26-13-6-7-14-28(26)30(29)25-11-4-3-5-12-25/h3-8,10-20H,9H2,1-2H3/b10-8+. The highest BCUT2D eigenvalue weighted by Crippen LogP contribution is 2.32. The summed E-state index contributed by atoms with van der Waals surface area (Å²) in [7, 11) is 0. The van der Waals surface area contributed by atoms with Gasteiger partial charge in [0.15, 0.2) is 0 Å². The molecule has 0 spiro atoms. The Morgan fingerprint density at radius 2 is 1.43 bits per heavy atom.